The maximum absolute atomic E-state index is 13.6. The Morgan fingerprint density at radius 3 is 2.58 bits per heavy atom. The average molecular weight is 343 g/mol. The molecule has 0 spiro atoms. The quantitative estimate of drug-likeness (QED) is 0.532. The van der Waals surface area contributed by atoms with Crippen LogP contribution in [0.25, 0.3) is 0 Å². The first kappa shape index (κ1) is 14.5. The van der Waals surface area contributed by atoms with Crippen LogP contribution in [0.15, 0.2) is 47.4 Å². The lowest BCUT2D eigenvalue weighted by Gasteiger charge is -2.14. The fourth-order valence-electron chi connectivity index (χ4n) is 1.92. The second kappa shape index (κ2) is 6.53. The van der Waals surface area contributed by atoms with Crippen LogP contribution in [0.2, 0.25) is 0 Å². The number of alkyl halides is 1. The lowest BCUT2D eigenvalue weighted by Crippen LogP contribution is -2.00. The average Bonchev–Trinajstić information content (AvgIpc) is 2.41. The predicted molar refractivity (Wildman–Crippen MR) is 80.0 cm³/mol. The van der Waals surface area contributed by atoms with E-state index in [0.29, 0.717) is 12.0 Å². The summed E-state index contributed by atoms with van der Waals surface area (Å²) in [5.41, 5.74) is 1.64. The first-order chi connectivity index (χ1) is 9.11. The third kappa shape index (κ3) is 3.57. The van der Waals surface area contributed by atoms with Crippen LogP contribution >= 0.6 is 27.7 Å². The number of hydrogen-bond donors (Lipinski definition) is 0. The van der Waals surface area contributed by atoms with E-state index in [1.54, 1.807) is 11.8 Å². The minimum absolute atomic E-state index is 0.0103. The van der Waals surface area contributed by atoms with Crippen molar-refractivity contribution in [2.75, 3.05) is 6.26 Å². The lowest BCUT2D eigenvalue weighted by molar-refractivity contribution is 0.571. The normalized spacial score (nSPS) is 12.4. The zero-order valence-corrected chi connectivity index (χ0v) is 12.8. The van der Waals surface area contributed by atoms with Crippen LogP contribution < -0.4 is 0 Å². The molecule has 0 bridgehead atoms. The van der Waals surface area contributed by atoms with Gasteiger partial charge in [-0.25, -0.2) is 8.78 Å². The van der Waals surface area contributed by atoms with Crippen molar-refractivity contribution >= 4 is 27.7 Å². The topological polar surface area (TPSA) is 0 Å². The van der Waals surface area contributed by atoms with Gasteiger partial charge in [0, 0.05) is 15.8 Å². The van der Waals surface area contributed by atoms with E-state index in [1.807, 2.05) is 30.5 Å². The maximum atomic E-state index is 13.6. The van der Waals surface area contributed by atoms with E-state index in [0.717, 1.165) is 16.5 Å². The van der Waals surface area contributed by atoms with Crippen molar-refractivity contribution in [1.82, 2.24) is 0 Å². The highest BCUT2D eigenvalue weighted by Crippen LogP contribution is 2.34. The Hall–Kier alpha value is -0.870. The lowest BCUT2D eigenvalue weighted by atomic mass is 10.0. The van der Waals surface area contributed by atoms with E-state index < -0.39 is 11.6 Å². The van der Waals surface area contributed by atoms with Gasteiger partial charge in [0.25, 0.3) is 0 Å². The van der Waals surface area contributed by atoms with E-state index in [4.69, 9.17) is 0 Å². The van der Waals surface area contributed by atoms with Crippen LogP contribution in [0, 0.1) is 11.6 Å². The van der Waals surface area contributed by atoms with Gasteiger partial charge in [0.1, 0.15) is 11.6 Å². The molecular weight excluding hydrogens is 330 g/mol. The summed E-state index contributed by atoms with van der Waals surface area (Å²) in [6.45, 7) is 0. The summed E-state index contributed by atoms with van der Waals surface area (Å²) in [6.07, 6.45) is 2.50. The van der Waals surface area contributed by atoms with E-state index >= 15 is 0 Å². The molecule has 0 fully saturated rings. The van der Waals surface area contributed by atoms with Crippen molar-refractivity contribution in [1.29, 1.82) is 0 Å². The van der Waals surface area contributed by atoms with E-state index in [9.17, 15) is 8.78 Å². The molecule has 100 valence electrons. The fourth-order valence-corrected chi connectivity index (χ4v) is 3.48. The Kier molecular flexibility index (Phi) is 4.99. The summed E-state index contributed by atoms with van der Waals surface area (Å²) in [6, 6.07) is 11.7. The van der Waals surface area contributed by atoms with Gasteiger partial charge in [-0.2, -0.15) is 0 Å². The summed E-state index contributed by atoms with van der Waals surface area (Å²) in [7, 11) is 0. The van der Waals surface area contributed by atoms with Gasteiger partial charge < -0.3 is 0 Å². The number of rotatable bonds is 4. The molecule has 0 amide bonds. The number of halogens is 3. The molecule has 0 aliphatic heterocycles. The molecular formula is C15H13BrF2S. The zero-order valence-electron chi connectivity index (χ0n) is 10.4. The Balaban J connectivity index is 2.23. The zero-order chi connectivity index (χ0) is 13.8. The van der Waals surface area contributed by atoms with E-state index in [-0.39, 0.29) is 4.83 Å². The van der Waals surface area contributed by atoms with Gasteiger partial charge in [-0.1, -0.05) is 40.2 Å². The highest BCUT2D eigenvalue weighted by molar-refractivity contribution is 9.09. The largest absolute Gasteiger partial charge is 0.207 e. The van der Waals surface area contributed by atoms with E-state index in [2.05, 4.69) is 15.9 Å². The van der Waals surface area contributed by atoms with Crippen LogP contribution in [0.1, 0.15) is 16.0 Å². The van der Waals surface area contributed by atoms with Crippen molar-refractivity contribution in [3.63, 3.8) is 0 Å². The van der Waals surface area contributed by atoms with Gasteiger partial charge in [-0.15, -0.1) is 11.8 Å². The third-order valence-corrected chi connectivity index (χ3v) is 4.52. The summed E-state index contributed by atoms with van der Waals surface area (Å²) < 4.78 is 26.5. The Morgan fingerprint density at radius 1 is 1.16 bits per heavy atom. The maximum Gasteiger partial charge on any atom is 0.129 e. The number of thioether (sulfide) groups is 1. The van der Waals surface area contributed by atoms with Gasteiger partial charge in [0.05, 0.1) is 0 Å². The standard InChI is InChI=1S/C15H13BrF2S/c1-19-15-5-3-2-4-12(15)13(16)8-10-6-7-11(17)9-14(10)18/h2-7,9,13H,8H2,1H3. The van der Waals surface area contributed by atoms with Gasteiger partial charge in [0.15, 0.2) is 0 Å². The van der Waals surface area contributed by atoms with Crippen LogP contribution in [0.4, 0.5) is 8.78 Å². The minimum atomic E-state index is -0.545. The molecule has 0 saturated carbocycles. The Morgan fingerprint density at radius 2 is 1.89 bits per heavy atom. The second-order valence-electron chi connectivity index (χ2n) is 4.15. The van der Waals surface area contributed by atoms with E-state index in [1.165, 1.54) is 12.1 Å². The van der Waals surface area contributed by atoms with Crippen LogP contribution in [0.5, 0.6) is 0 Å². The molecule has 19 heavy (non-hydrogen) atoms. The first-order valence-corrected chi connectivity index (χ1v) is 7.96. The molecule has 0 radical (unpaired) electrons. The smallest absolute Gasteiger partial charge is 0.129 e. The summed E-state index contributed by atoms with van der Waals surface area (Å²) in [5.74, 6) is -1.04. The molecule has 0 heterocycles. The van der Waals surface area contributed by atoms with Gasteiger partial charge in [-0.05, 0) is 35.9 Å². The monoisotopic (exact) mass is 342 g/mol. The molecule has 1 atom stereocenters. The molecule has 4 heteroatoms. The molecule has 0 aliphatic rings. The summed E-state index contributed by atoms with van der Waals surface area (Å²) >= 11 is 5.25. The Labute approximate surface area is 124 Å². The minimum Gasteiger partial charge on any atom is -0.207 e. The number of benzene rings is 2. The second-order valence-corrected chi connectivity index (χ2v) is 6.10. The van der Waals surface area contributed by atoms with Gasteiger partial charge in [0.2, 0.25) is 0 Å². The first-order valence-electron chi connectivity index (χ1n) is 5.82. The van der Waals surface area contributed by atoms with Crippen molar-refractivity contribution in [3.8, 4) is 0 Å². The van der Waals surface area contributed by atoms with Gasteiger partial charge >= 0.3 is 0 Å². The molecule has 0 saturated heterocycles. The predicted octanol–water partition coefficient (Wildman–Crippen LogP) is 5.37. The molecule has 0 nitrogen and oxygen atoms in total. The number of hydrogen-bond acceptors (Lipinski definition) is 1. The molecule has 2 rings (SSSR count). The van der Waals surface area contributed by atoms with Crippen molar-refractivity contribution in [3.05, 3.63) is 65.2 Å². The highest BCUT2D eigenvalue weighted by atomic mass is 79.9. The molecule has 0 aromatic heterocycles. The van der Waals surface area contributed by atoms with Crippen molar-refractivity contribution in [2.24, 2.45) is 0 Å². The van der Waals surface area contributed by atoms with Gasteiger partial charge in [-0.3, -0.25) is 0 Å². The van der Waals surface area contributed by atoms with Crippen LogP contribution in [-0.2, 0) is 6.42 Å². The Bertz CT molecular complexity index is 572. The third-order valence-electron chi connectivity index (χ3n) is 2.89. The molecule has 0 N–H and O–H groups in total. The summed E-state index contributed by atoms with van der Waals surface area (Å²) in [4.78, 5) is 1.17. The molecule has 2 aromatic rings. The fraction of sp³-hybridized carbons (Fsp3) is 0.200. The van der Waals surface area contributed by atoms with Crippen LogP contribution in [0.3, 0.4) is 0 Å². The molecule has 0 aliphatic carbocycles. The SMILES string of the molecule is CSc1ccccc1C(Br)Cc1ccc(F)cc1F. The molecule has 2 aromatic carbocycles. The summed E-state index contributed by atoms with van der Waals surface area (Å²) in [5, 5.41) is 0. The molecule has 1 unspecified atom stereocenters. The van der Waals surface area contributed by atoms with Crippen molar-refractivity contribution < 1.29 is 8.78 Å². The van der Waals surface area contributed by atoms with Crippen LogP contribution in [-0.4, -0.2) is 6.26 Å². The van der Waals surface area contributed by atoms with Crippen molar-refractivity contribution in [2.45, 2.75) is 16.1 Å². The highest BCUT2D eigenvalue weighted by Gasteiger charge is 2.14.